The molecule has 1 N–H and O–H groups in total. The predicted molar refractivity (Wildman–Crippen MR) is 130 cm³/mol. The van der Waals surface area contributed by atoms with Gasteiger partial charge in [0.15, 0.2) is 0 Å². The quantitative estimate of drug-likeness (QED) is 0.334. The van der Waals surface area contributed by atoms with Crippen LogP contribution in [0.15, 0.2) is 87.3 Å². The Morgan fingerprint density at radius 2 is 1.79 bits per heavy atom. The van der Waals surface area contributed by atoms with Gasteiger partial charge in [0, 0.05) is 16.1 Å². The minimum absolute atomic E-state index is 0.0583. The maximum absolute atomic E-state index is 13.3. The summed E-state index contributed by atoms with van der Waals surface area (Å²) in [7, 11) is -1.02. The lowest BCUT2D eigenvalue weighted by Gasteiger charge is -2.24. The van der Waals surface area contributed by atoms with E-state index in [4.69, 9.17) is 9.47 Å². The van der Waals surface area contributed by atoms with Crippen LogP contribution in [0, 0.1) is 0 Å². The van der Waals surface area contributed by atoms with Crippen LogP contribution in [0.25, 0.3) is 0 Å². The Morgan fingerprint density at radius 3 is 2.48 bits per heavy atom. The molecule has 0 aliphatic rings. The zero-order valence-electron chi connectivity index (χ0n) is 17.9. The number of rotatable bonds is 9. The number of anilines is 1. The summed E-state index contributed by atoms with van der Waals surface area (Å²) in [5.41, 5.74) is 3.29. The summed E-state index contributed by atoms with van der Waals surface area (Å²) in [5, 5.41) is 3.95. The molecule has 0 spiro atoms. The highest BCUT2D eigenvalue weighted by atomic mass is 79.9. The van der Waals surface area contributed by atoms with E-state index >= 15 is 0 Å². The van der Waals surface area contributed by atoms with Crippen LogP contribution in [-0.4, -0.2) is 41.3 Å². The van der Waals surface area contributed by atoms with E-state index in [-0.39, 0.29) is 10.6 Å². The van der Waals surface area contributed by atoms with Crippen molar-refractivity contribution in [2.75, 3.05) is 25.1 Å². The van der Waals surface area contributed by atoms with Crippen LogP contribution in [0.5, 0.6) is 11.5 Å². The Kier molecular flexibility index (Phi) is 8.07. The number of nitrogens with one attached hydrogen (secondary N) is 1. The monoisotopic (exact) mass is 531 g/mol. The van der Waals surface area contributed by atoms with Gasteiger partial charge in [-0.15, -0.1) is 0 Å². The molecule has 0 heterocycles. The standard InChI is InChI=1S/C23H22BrN3O5S/c1-31-20-8-6-7-19(14-20)27(33(29,30)21-9-4-3-5-10-21)16-23(28)26-25-15-17-13-18(24)11-12-22(17)32-2/h3-15H,16H2,1-2H3,(H,26,28)/b25-15-. The Balaban J connectivity index is 1.86. The van der Waals surface area contributed by atoms with Crippen LogP contribution in [0.4, 0.5) is 5.69 Å². The molecule has 8 nitrogen and oxygen atoms in total. The Morgan fingerprint density at radius 1 is 1.03 bits per heavy atom. The zero-order valence-corrected chi connectivity index (χ0v) is 20.3. The fourth-order valence-corrected chi connectivity index (χ4v) is 4.76. The van der Waals surface area contributed by atoms with Crippen molar-refractivity contribution in [2.24, 2.45) is 5.10 Å². The van der Waals surface area contributed by atoms with E-state index in [1.807, 2.05) is 6.07 Å². The van der Waals surface area contributed by atoms with E-state index in [1.54, 1.807) is 54.6 Å². The summed E-state index contributed by atoms with van der Waals surface area (Å²) < 4.78 is 39.0. The summed E-state index contributed by atoms with van der Waals surface area (Å²) >= 11 is 3.37. The Labute approximate surface area is 201 Å². The molecule has 0 radical (unpaired) electrons. The summed E-state index contributed by atoms with van der Waals surface area (Å²) in [5.74, 6) is 0.407. The normalized spacial score (nSPS) is 11.2. The summed E-state index contributed by atoms with van der Waals surface area (Å²) in [6, 6.07) is 19.7. The maximum atomic E-state index is 13.3. The van der Waals surface area contributed by atoms with Gasteiger partial charge in [0.05, 0.1) is 31.0 Å². The first kappa shape index (κ1) is 24.3. The number of halogens is 1. The van der Waals surface area contributed by atoms with Crippen molar-refractivity contribution in [2.45, 2.75) is 4.90 Å². The van der Waals surface area contributed by atoms with Gasteiger partial charge in [-0.05, 0) is 42.5 Å². The number of carbonyl (C=O) groups is 1. The van der Waals surface area contributed by atoms with Gasteiger partial charge in [-0.1, -0.05) is 40.2 Å². The minimum Gasteiger partial charge on any atom is -0.497 e. The summed E-state index contributed by atoms with van der Waals surface area (Å²) in [4.78, 5) is 12.7. The molecule has 172 valence electrons. The number of hydrogen-bond acceptors (Lipinski definition) is 6. The fraction of sp³-hybridized carbons (Fsp3) is 0.130. The molecule has 1 amide bonds. The summed E-state index contributed by atoms with van der Waals surface area (Å²) in [6.07, 6.45) is 1.42. The van der Waals surface area contributed by atoms with Gasteiger partial charge in [0.1, 0.15) is 18.0 Å². The molecule has 0 fully saturated rings. The number of benzene rings is 3. The molecule has 0 aliphatic carbocycles. The second-order valence-corrected chi connectivity index (χ2v) is 9.48. The third kappa shape index (κ3) is 6.11. The van der Waals surface area contributed by atoms with Gasteiger partial charge in [-0.2, -0.15) is 5.10 Å². The van der Waals surface area contributed by atoms with Crippen molar-refractivity contribution in [1.82, 2.24) is 5.43 Å². The first-order valence-corrected chi connectivity index (χ1v) is 12.0. The molecule has 0 bridgehead atoms. The third-order valence-corrected chi connectivity index (χ3v) is 6.83. The topological polar surface area (TPSA) is 97.3 Å². The highest BCUT2D eigenvalue weighted by molar-refractivity contribution is 9.10. The summed E-state index contributed by atoms with van der Waals surface area (Å²) in [6.45, 7) is -0.489. The number of hydrogen-bond donors (Lipinski definition) is 1. The van der Waals surface area contributed by atoms with Crippen LogP contribution in [0.2, 0.25) is 0 Å². The van der Waals surface area contributed by atoms with Crippen LogP contribution in [0.1, 0.15) is 5.56 Å². The zero-order chi connectivity index (χ0) is 23.8. The van der Waals surface area contributed by atoms with Crippen LogP contribution >= 0.6 is 15.9 Å². The SMILES string of the molecule is COc1cccc(N(CC(=O)N/N=C\c2cc(Br)ccc2OC)S(=O)(=O)c2ccccc2)c1. The van der Waals surface area contributed by atoms with Gasteiger partial charge >= 0.3 is 0 Å². The average Bonchev–Trinajstić information content (AvgIpc) is 2.83. The largest absolute Gasteiger partial charge is 0.497 e. The molecule has 0 unspecified atom stereocenters. The van der Waals surface area contributed by atoms with E-state index in [0.717, 1.165) is 8.78 Å². The molecular weight excluding hydrogens is 510 g/mol. The lowest BCUT2D eigenvalue weighted by atomic mass is 10.2. The molecule has 10 heteroatoms. The van der Waals surface area contributed by atoms with Crippen LogP contribution in [-0.2, 0) is 14.8 Å². The maximum Gasteiger partial charge on any atom is 0.264 e. The average molecular weight is 532 g/mol. The van der Waals surface area contributed by atoms with Gasteiger partial charge in [0.2, 0.25) is 0 Å². The van der Waals surface area contributed by atoms with E-state index in [1.165, 1.54) is 32.6 Å². The molecular formula is C23H22BrN3O5S. The van der Waals surface area contributed by atoms with Crippen molar-refractivity contribution in [3.63, 3.8) is 0 Å². The number of carbonyl (C=O) groups excluding carboxylic acids is 1. The minimum atomic E-state index is -4.03. The highest BCUT2D eigenvalue weighted by Crippen LogP contribution is 2.27. The highest BCUT2D eigenvalue weighted by Gasteiger charge is 2.27. The van der Waals surface area contributed by atoms with Gasteiger partial charge in [-0.25, -0.2) is 13.8 Å². The molecule has 0 aromatic heterocycles. The van der Waals surface area contributed by atoms with Crippen LogP contribution < -0.4 is 19.2 Å². The number of ether oxygens (including phenoxy) is 2. The van der Waals surface area contributed by atoms with E-state index in [2.05, 4.69) is 26.5 Å². The second kappa shape index (κ2) is 11.0. The molecule has 3 aromatic rings. The molecule has 33 heavy (non-hydrogen) atoms. The third-order valence-electron chi connectivity index (χ3n) is 4.54. The number of amides is 1. The Hall–Kier alpha value is -3.37. The van der Waals surface area contributed by atoms with Crippen molar-refractivity contribution in [3.05, 3.63) is 82.8 Å². The van der Waals surface area contributed by atoms with E-state index < -0.39 is 22.5 Å². The fourth-order valence-electron chi connectivity index (χ4n) is 2.95. The van der Waals surface area contributed by atoms with E-state index in [0.29, 0.717) is 17.1 Å². The first-order valence-electron chi connectivity index (χ1n) is 9.72. The van der Waals surface area contributed by atoms with Gasteiger partial charge in [-0.3, -0.25) is 9.10 Å². The number of nitrogens with zero attached hydrogens (tertiary/aromatic N) is 2. The second-order valence-electron chi connectivity index (χ2n) is 6.71. The molecule has 3 aromatic carbocycles. The molecule has 0 aliphatic heterocycles. The van der Waals surface area contributed by atoms with Crippen molar-refractivity contribution in [3.8, 4) is 11.5 Å². The molecule has 0 saturated heterocycles. The molecule has 0 saturated carbocycles. The first-order chi connectivity index (χ1) is 15.8. The van der Waals surface area contributed by atoms with Crippen molar-refractivity contribution < 1.29 is 22.7 Å². The van der Waals surface area contributed by atoms with Crippen molar-refractivity contribution in [1.29, 1.82) is 0 Å². The smallest absolute Gasteiger partial charge is 0.264 e. The van der Waals surface area contributed by atoms with Gasteiger partial charge < -0.3 is 9.47 Å². The number of methoxy groups -OCH3 is 2. The lowest BCUT2D eigenvalue weighted by Crippen LogP contribution is -2.39. The lowest BCUT2D eigenvalue weighted by molar-refractivity contribution is -0.119. The van der Waals surface area contributed by atoms with Gasteiger partial charge in [0.25, 0.3) is 15.9 Å². The number of sulfonamides is 1. The number of hydrazone groups is 1. The molecule has 3 rings (SSSR count). The van der Waals surface area contributed by atoms with Crippen molar-refractivity contribution >= 4 is 43.8 Å². The van der Waals surface area contributed by atoms with Crippen LogP contribution in [0.3, 0.4) is 0 Å². The predicted octanol–water partition coefficient (Wildman–Crippen LogP) is 3.81. The Bertz CT molecular complexity index is 1250. The molecule has 0 atom stereocenters. The van der Waals surface area contributed by atoms with E-state index in [9.17, 15) is 13.2 Å².